The Bertz CT molecular complexity index is 781. The summed E-state index contributed by atoms with van der Waals surface area (Å²) in [5, 5.41) is 14.4. The molecule has 0 saturated heterocycles. The summed E-state index contributed by atoms with van der Waals surface area (Å²) >= 11 is 5.00. The number of nitrogens with zero attached hydrogens (tertiary/aromatic N) is 2. The van der Waals surface area contributed by atoms with Crippen molar-refractivity contribution < 1.29 is 5.11 Å². The Hall–Kier alpha value is -1.21. The Balaban J connectivity index is 1.61. The van der Waals surface area contributed by atoms with Gasteiger partial charge >= 0.3 is 0 Å². The van der Waals surface area contributed by atoms with Crippen LogP contribution in [0.25, 0.3) is 14.4 Å². The average molecular weight is 306 g/mol. The summed E-state index contributed by atoms with van der Waals surface area (Å²) in [6.07, 6.45) is 4.09. The second kappa shape index (κ2) is 4.42. The normalized spacial score (nSPS) is 13.5. The lowest BCUT2D eigenvalue weighted by molar-refractivity contribution is 0.181. The number of aliphatic hydroxyl groups excluding tert-OH is 1. The molecule has 0 radical (unpaired) electrons. The maximum Gasteiger partial charge on any atom is 0.193 e. The van der Waals surface area contributed by atoms with E-state index in [-0.39, 0.29) is 0 Å². The highest BCUT2D eigenvalue weighted by molar-refractivity contribution is 7.26. The van der Waals surface area contributed by atoms with Crippen LogP contribution in [0, 0.1) is 0 Å². The SMILES string of the molecule is OC(Cc1cn2ccsc2n1)c1cc2sccc2s1. The molecule has 0 aromatic carbocycles. The molecule has 96 valence electrons. The smallest absolute Gasteiger partial charge is 0.193 e. The van der Waals surface area contributed by atoms with Gasteiger partial charge in [0, 0.05) is 38.5 Å². The predicted octanol–water partition coefficient (Wildman–Crippen LogP) is 3.95. The van der Waals surface area contributed by atoms with Crippen molar-refractivity contribution in [2.75, 3.05) is 0 Å². The van der Waals surface area contributed by atoms with E-state index in [1.165, 1.54) is 9.40 Å². The first kappa shape index (κ1) is 11.6. The maximum atomic E-state index is 10.3. The number of imidazole rings is 1. The molecule has 4 aromatic heterocycles. The molecule has 0 saturated carbocycles. The fourth-order valence-corrected chi connectivity index (χ4v) is 4.95. The minimum absolute atomic E-state index is 0.464. The summed E-state index contributed by atoms with van der Waals surface area (Å²) < 4.78 is 4.51. The first-order valence-electron chi connectivity index (χ1n) is 5.86. The molecule has 6 heteroatoms. The maximum absolute atomic E-state index is 10.3. The van der Waals surface area contributed by atoms with Crippen molar-refractivity contribution in [3.8, 4) is 0 Å². The van der Waals surface area contributed by atoms with Gasteiger partial charge in [0.2, 0.25) is 0 Å². The van der Waals surface area contributed by atoms with Gasteiger partial charge in [0.25, 0.3) is 0 Å². The minimum Gasteiger partial charge on any atom is -0.387 e. The fourth-order valence-electron chi connectivity index (χ4n) is 2.12. The van der Waals surface area contributed by atoms with Gasteiger partial charge in [-0.3, -0.25) is 4.40 Å². The number of aliphatic hydroxyl groups is 1. The van der Waals surface area contributed by atoms with E-state index in [0.29, 0.717) is 6.42 Å². The number of hydrogen-bond donors (Lipinski definition) is 1. The lowest BCUT2D eigenvalue weighted by Gasteiger charge is -2.05. The number of aromatic nitrogens is 2. The molecule has 4 aromatic rings. The quantitative estimate of drug-likeness (QED) is 0.622. The first-order chi connectivity index (χ1) is 9.29. The molecule has 0 fully saturated rings. The zero-order valence-electron chi connectivity index (χ0n) is 9.81. The van der Waals surface area contributed by atoms with Crippen molar-refractivity contribution in [1.82, 2.24) is 9.38 Å². The Morgan fingerprint density at radius 1 is 1.26 bits per heavy atom. The van der Waals surface area contributed by atoms with Crippen molar-refractivity contribution in [2.45, 2.75) is 12.5 Å². The molecule has 0 aliphatic heterocycles. The van der Waals surface area contributed by atoms with Gasteiger partial charge in [0.05, 0.1) is 11.8 Å². The van der Waals surface area contributed by atoms with E-state index < -0.39 is 6.10 Å². The van der Waals surface area contributed by atoms with Crippen LogP contribution in [0.4, 0.5) is 0 Å². The van der Waals surface area contributed by atoms with Gasteiger partial charge in [-0.1, -0.05) is 0 Å². The van der Waals surface area contributed by atoms with E-state index in [4.69, 9.17) is 0 Å². The summed E-state index contributed by atoms with van der Waals surface area (Å²) in [6, 6.07) is 4.20. The Morgan fingerprint density at radius 2 is 2.21 bits per heavy atom. The molecule has 19 heavy (non-hydrogen) atoms. The highest BCUT2D eigenvalue weighted by Crippen LogP contribution is 2.34. The molecule has 1 atom stereocenters. The molecule has 0 aliphatic rings. The molecule has 0 spiro atoms. The van der Waals surface area contributed by atoms with Crippen LogP contribution >= 0.6 is 34.0 Å². The molecular formula is C13H10N2OS3. The molecular weight excluding hydrogens is 296 g/mol. The first-order valence-corrected chi connectivity index (χ1v) is 8.43. The standard InChI is InChI=1S/C13H10N2OS3/c16-9(11-6-12-10(19-11)1-3-17-12)5-8-7-15-2-4-18-13(15)14-8/h1-4,6-7,9,16H,5H2. The van der Waals surface area contributed by atoms with Crippen LogP contribution in [-0.4, -0.2) is 14.5 Å². The highest BCUT2D eigenvalue weighted by Gasteiger charge is 2.15. The number of thiophene rings is 2. The summed E-state index contributed by atoms with van der Waals surface area (Å²) in [6.45, 7) is 0. The van der Waals surface area contributed by atoms with Crippen LogP contribution < -0.4 is 0 Å². The van der Waals surface area contributed by atoms with Gasteiger partial charge in [-0.2, -0.15) is 0 Å². The number of rotatable bonds is 3. The van der Waals surface area contributed by atoms with E-state index in [1.807, 2.05) is 22.2 Å². The third-order valence-corrected chi connectivity index (χ3v) is 6.00. The van der Waals surface area contributed by atoms with Crippen LogP contribution in [0.15, 0.2) is 35.3 Å². The molecule has 1 N–H and O–H groups in total. The second-order valence-corrected chi connectivity index (χ2v) is 7.28. The van der Waals surface area contributed by atoms with Crippen LogP contribution in [0.5, 0.6) is 0 Å². The predicted molar refractivity (Wildman–Crippen MR) is 81.4 cm³/mol. The minimum atomic E-state index is -0.464. The van der Waals surface area contributed by atoms with E-state index in [2.05, 4.69) is 22.5 Å². The van der Waals surface area contributed by atoms with Crippen molar-refractivity contribution in [3.05, 3.63) is 45.9 Å². The molecule has 0 amide bonds. The van der Waals surface area contributed by atoms with E-state index in [1.54, 1.807) is 34.0 Å². The van der Waals surface area contributed by atoms with Crippen molar-refractivity contribution in [1.29, 1.82) is 0 Å². The number of thiazole rings is 1. The molecule has 4 rings (SSSR count). The van der Waals surface area contributed by atoms with Crippen LogP contribution in [0.1, 0.15) is 16.7 Å². The molecule has 3 nitrogen and oxygen atoms in total. The number of fused-ring (bicyclic) bond motifs is 2. The van der Waals surface area contributed by atoms with Crippen molar-refractivity contribution in [2.24, 2.45) is 0 Å². The summed E-state index contributed by atoms with van der Waals surface area (Å²) in [7, 11) is 0. The second-order valence-electron chi connectivity index (χ2n) is 4.34. The average Bonchev–Trinajstić information content (AvgIpc) is 3.05. The third kappa shape index (κ3) is 2.01. The van der Waals surface area contributed by atoms with Gasteiger partial charge in [-0.05, 0) is 17.5 Å². The van der Waals surface area contributed by atoms with Crippen LogP contribution in [0.3, 0.4) is 0 Å². The zero-order chi connectivity index (χ0) is 12.8. The lowest BCUT2D eigenvalue weighted by Crippen LogP contribution is -1.99. The van der Waals surface area contributed by atoms with E-state index in [9.17, 15) is 5.11 Å². The van der Waals surface area contributed by atoms with E-state index in [0.717, 1.165) is 15.5 Å². The molecule has 4 heterocycles. The zero-order valence-corrected chi connectivity index (χ0v) is 12.3. The summed E-state index contributed by atoms with van der Waals surface area (Å²) in [5.41, 5.74) is 0.941. The van der Waals surface area contributed by atoms with Gasteiger partial charge in [0.15, 0.2) is 4.96 Å². The third-order valence-electron chi connectivity index (χ3n) is 3.03. The molecule has 1 unspecified atom stereocenters. The molecule has 0 bridgehead atoms. The Morgan fingerprint density at radius 3 is 3.05 bits per heavy atom. The number of hydrogen-bond acceptors (Lipinski definition) is 5. The highest BCUT2D eigenvalue weighted by atomic mass is 32.1. The summed E-state index contributed by atoms with van der Waals surface area (Å²) in [4.78, 5) is 6.52. The Labute approximate surface area is 121 Å². The summed E-state index contributed by atoms with van der Waals surface area (Å²) in [5.74, 6) is 0. The lowest BCUT2D eigenvalue weighted by atomic mass is 10.2. The Kier molecular flexibility index (Phi) is 2.70. The molecule has 0 aliphatic carbocycles. The van der Waals surface area contributed by atoms with Crippen molar-refractivity contribution >= 4 is 48.4 Å². The van der Waals surface area contributed by atoms with Gasteiger partial charge in [0.1, 0.15) is 0 Å². The van der Waals surface area contributed by atoms with Crippen LogP contribution in [0.2, 0.25) is 0 Å². The topological polar surface area (TPSA) is 37.5 Å². The van der Waals surface area contributed by atoms with Gasteiger partial charge in [-0.25, -0.2) is 4.98 Å². The van der Waals surface area contributed by atoms with E-state index >= 15 is 0 Å². The fraction of sp³-hybridized carbons (Fsp3) is 0.154. The van der Waals surface area contributed by atoms with Crippen LogP contribution in [-0.2, 0) is 6.42 Å². The van der Waals surface area contributed by atoms with Gasteiger partial charge in [-0.15, -0.1) is 34.0 Å². The largest absolute Gasteiger partial charge is 0.387 e. The van der Waals surface area contributed by atoms with Crippen molar-refractivity contribution in [3.63, 3.8) is 0 Å². The van der Waals surface area contributed by atoms with Gasteiger partial charge < -0.3 is 5.11 Å². The monoisotopic (exact) mass is 306 g/mol.